The van der Waals surface area contributed by atoms with Crippen molar-refractivity contribution in [3.05, 3.63) is 71.3 Å². The van der Waals surface area contributed by atoms with E-state index in [0.717, 1.165) is 24.8 Å². The standard InChI is InChI=1S/C18H20O/c1-2-12-18(15-9-4-3-5-10-15)13-14-8-6-7-11-16(14)17(18)19/h3-11,17,19H,2,12-13H2,1H3. The largest absolute Gasteiger partial charge is 0.387 e. The lowest BCUT2D eigenvalue weighted by Crippen LogP contribution is -2.31. The molecule has 0 heterocycles. The molecule has 98 valence electrons. The van der Waals surface area contributed by atoms with Gasteiger partial charge in [-0.1, -0.05) is 67.9 Å². The molecule has 2 unspecified atom stereocenters. The highest BCUT2D eigenvalue weighted by Crippen LogP contribution is 2.50. The van der Waals surface area contributed by atoms with Crippen LogP contribution in [0.3, 0.4) is 0 Å². The summed E-state index contributed by atoms with van der Waals surface area (Å²) in [5.74, 6) is 0. The summed E-state index contributed by atoms with van der Waals surface area (Å²) < 4.78 is 0. The van der Waals surface area contributed by atoms with Gasteiger partial charge in [0.15, 0.2) is 0 Å². The lowest BCUT2D eigenvalue weighted by molar-refractivity contribution is 0.0878. The van der Waals surface area contributed by atoms with Crippen LogP contribution in [0.25, 0.3) is 0 Å². The van der Waals surface area contributed by atoms with Gasteiger partial charge in [-0.15, -0.1) is 0 Å². The molecule has 1 aliphatic rings. The number of aliphatic hydroxyl groups is 1. The zero-order chi connectivity index (χ0) is 13.3. The maximum Gasteiger partial charge on any atom is 0.0892 e. The summed E-state index contributed by atoms with van der Waals surface area (Å²) in [4.78, 5) is 0. The Hall–Kier alpha value is -1.60. The van der Waals surface area contributed by atoms with E-state index in [2.05, 4.69) is 49.4 Å². The molecule has 0 spiro atoms. The summed E-state index contributed by atoms with van der Waals surface area (Å²) in [5.41, 5.74) is 3.53. The quantitative estimate of drug-likeness (QED) is 0.875. The van der Waals surface area contributed by atoms with Crippen molar-refractivity contribution in [2.45, 2.75) is 37.7 Å². The second-order valence-electron chi connectivity index (χ2n) is 5.55. The summed E-state index contributed by atoms with van der Waals surface area (Å²) in [7, 11) is 0. The highest BCUT2D eigenvalue weighted by Gasteiger charge is 2.45. The molecule has 0 aliphatic heterocycles. The molecule has 0 fully saturated rings. The Kier molecular flexibility index (Phi) is 3.16. The Labute approximate surface area is 114 Å². The fourth-order valence-electron chi connectivity index (χ4n) is 3.54. The Bertz CT molecular complexity index is 561. The number of aliphatic hydroxyl groups excluding tert-OH is 1. The summed E-state index contributed by atoms with van der Waals surface area (Å²) in [5, 5.41) is 10.9. The topological polar surface area (TPSA) is 20.2 Å². The number of fused-ring (bicyclic) bond motifs is 1. The molecule has 0 aromatic heterocycles. The van der Waals surface area contributed by atoms with Crippen molar-refractivity contribution >= 4 is 0 Å². The zero-order valence-electron chi connectivity index (χ0n) is 11.3. The fourth-order valence-corrected chi connectivity index (χ4v) is 3.54. The van der Waals surface area contributed by atoms with Gasteiger partial charge < -0.3 is 5.11 Å². The minimum Gasteiger partial charge on any atom is -0.387 e. The zero-order valence-corrected chi connectivity index (χ0v) is 11.3. The predicted octanol–water partition coefficient (Wildman–Crippen LogP) is 4.01. The van der Waals surface area contributed by atoms with E-state index in [-0.39, 0.29) is 11.5 Å². The summed E-state index contributed by atoms with van der Waals surface area (Å²) >= 11 is 0. The summed E-state index contributed by atoms with van der Waals surface area (Å²) in [6.45, 7) is 2.19. The highest BCUT2D eigenvalue weighted by atomic mass is 16.3. The molecule has 2 aromatic carbocycles. The monoisotopic (exact) mass is 252 g/mol. The lowest BCUT2D eigenvalue weighted by Gasteiger charge is -2.33. The van der Waals surface area contributed by atoms with Gasteiger partial charge in [-0.2, -0.15) is 0 Å². The van der Waals surface area contributed by atoms with Crippen molar-refractivity contribution in [1.29, 1.82) is 0 Å². The van der Waals surface area contributed by atoms with Gasteiger partial charge in [0.05, 0.1) is 6.10 Å². The van der Waals surface area contributed by atoms with Gasteiger partial charge in [-0.25, -0.2) is 0 Å². The van der Waals surface area contributed by atoms with Crippen LogP contribution in [0.5, 0.6) is 0 Å². The summed E-state index contributed by atoms with van der Waals surface area (Å²) in [6.07, 6.45) is 2.67. The molecule has 2 aromatic rings. The summed E-state index contributed by atoms with van der Waals surface area (Å²) in [6, 6.07) is 18.8. The fraction of sp³-hybridized carbons (Fsp3) is 0.333. The van der Waals surface area contributed by atoms with Crippen LogP contribution >= 0.6 is 0 Å². The second kappa shape index (κ2) is 4.82. The molecule has 0 amide bonds. The molecule has 0 radical (unpaired) electrons. The third-order valence-corrected chi connectivity index (χ3v) is 4.42. The van der Waals surface area contributed by atoms with Gasteiger partial charge in [-0.05, 0) is 29.5 Å². The van der Waals surface area contributed by atoms with Crippen LogP contribution < -0.4 is 0 Å². The SMILES string of the molecule is CCCC1(c2ccccc2)Cc2ccccc2C1O. The van der Waals surface area contributed by atoms with Crippen LogP contribution in [0.2, 0.25) is 0 Å². The molecule has 19 heavy (non-hydrogen) atoms. The lowest BCUT2D eigenvalue weighted by atomic mass is 9.72. The Morgan fingerprint density at radius 1 is 1.05 bits per heavy atom. The molecule has 0 saturated carbocycles. The molecule has 1 N–H and O–H groups in total. The van der Waals surface area contributed by atoms with Crippen LogP contribution in [0.4, 0.5) is 0 Å². The average molecular weight is 252 g/mol. The van der Waals surface area contributed by atoms with Crippen LogP contribution in [-0.4, -0.2) is 5.11 Å². The molecule has 1 heteroatoms. The van der Waals surface area contributed by atoms with Crippen molar-refractivity contribution < 1.29 is 5.11 Å². The minimum absolute atomic E-state index is 0.139. The molecule has 1 aliphatic carbocycles. The third kappa shape index (κ3) is 1.89. The van der Waals surface area contributed by atoms with Gasteiger partial charge in [0.2, 0.25) is 0 Å². The van der Waals surface area contributed by atoms with Crippen LogP contribution in [0, 0.1) is 0 Å². The van der Waals surface area contributed by atoms with Crippen molar-refractivity contribution in [3.63, 3.8) is 0 Å². The molecule has 2 atom stereocenters. The Morgan fingerprint density at radius 3 is 2.42 bits per heavy atom. The second-order valence-corrected chi connectivity index (χ2v) is 5.55. The molecule has 0 bridgehead atoms. The molecule has 0 saturated heterocycles. The minimum atomic E-state index is -0.383. The molecular formula is C18H20O. The van der Waals surface area contributed by atoms with Crippen LogP contribution in [0.15, 0.2) is 54.6 Å². The normalized spacial score (nSPS) is 25.3. The van der Waals surface area contributed by atoms with E-state index in [1.54, 1.807) is 0 Å². The first-order valence-corrected chi connectivity index (χ1v) is 7.09. The smallest absolute Gasteiger partial charge is 0.0892 e. The number of rotatable bonds is 3. The van der Waals surface area contributed by atoms with Gasteiger partial charge in [0, 0.05) is 5.41 Å². The predicted molar refractivity (Wildman–Crippen MR) is 78.1 cm³/mol. The number of hydrogen-bond donors (Lipinski definition) is 1. The maximum absolute atomic E-state index is 10.9. The number of hydrogen-bond acceptors (Lipinski definition) is 1. The third-order valence-electron chi connectivity index (χ3n) is 4.42. The molecule has 3 rings (SSSR count). The van der Waals surface area contributed by atoms with Gasteiger partial charge in [0.1, 0.15) is 0 Å². The van der Waals surface area contributed by atoms with Crippen LogP contribution in [-0.2, 0) is 11.8 Å². The van der Waals surface area contributed by atoms with Crippen molar-refractivity contribution in [1.82, 2.24) is 0 Å². The van der Waals surface area contributed by atoms with E-state index in [1.165, 1.54) is 11.1 Å². The van der Waals surface area contributed by atoms with E-state index in [4.69, 9.17) is 0 Å². The van der Waals surface area contributed by atoms with Crippen molar-refractivity contribution in [3.8, 4) is 0 Å². The van der Waals surface area contributed by atoms with Crippen molar-refractivity contribution in [2.24, 2.45) is 0 Å². The average Bonchev–Trinajstić information content (AvgIpc) is 2.75. The van der Waals surface area contributed by atoms with Gasteiger partial charge in [-0.3, -0.25) is 0 Å². The van der Waals surface area contributed by atoms with E-state index in [0.29, 0.717) is 0 Å². The first-order chi connectivity index (χ1) is 9.28. The van der Waals surface area contributed by atoms with Gasteiger partial charge >= 0.3 is 0 Å². The Balaban J connectivity index is 2.10. The Morgan fingerprint density at radius 2 is 1.74 bits per heavy atom. The first-order valence-electron chi connectivity index (χ1n) is 7.09. The molecular weight excluding hydrogens is 232 g/mol. The maximum atomic E-state index is 10.9. The van der Waals surface area contributed by atoms with Gasteiger partial charge in [0.25, 0.3) is 0 Å². The van der Waals surface area contributed by atoms with E-state index >= 15 is 0 Å². The van der Waals surface area contributed by atoms with Crippen LogP contribution in [0.1, 0.15) is 42.6 Å². The first kappa shape index (κ1) is 12.4. The van der Waals surface area contributed by atoms with E-state index < -0.39 is 0 Å². The molecule has 1 nitrogen and oxygen atoms in total. The van der Waals surface area contributed by atoms with E-state index in [1.807, 2.05) is 12.1 Å². The highest BCUT2D eigenvalue weighted by molar-refractivity contribution is 5.44. The van der Waals surface area contributed by atoms with Crippen molar-refractivity contribution in [2.75, 3.05) is 0 Å². The number of benzene rings is 2. The van der Waals surface area contributed by atoms with E-state index in [9.17, 15) is 5.11 Å².